The van der Waals surface area contributed by atoms with Gasteiger partial charge in [-0.15, -0.1) is 11.3 Å². The lowest BCUT2D eigenvalue weighted by molar-refractivity contribution is -0.127. The number of rotatable bonds is 3. The molecule has 0 spiro atoms. The number of aryl methyl sites for hydroxylation is 2. The first kappa shape index (κ1) is 15.4. The molecule has 2 rings (SSSR count). The van der Waals surface area contributed by atoms with E-state index in [4.69, 9.17) is 0 Å². The van der Waals surface area contributed by atoms with Gasteiger partial charge in [0.2, 0.25) is 5.91 Å². The topological polar surface area (TPSA) is 54.0 Å². The van der Waals surface area contributed by atoms with Crippen LogP contribution in [-0.4, -0.2) is 23.5 Å². The molecule has 1 fully saturated rings. The van der Waals surface area contributed by atoms with Crippen molar-refractivity contribution in [1.29, 1.82) is 0 Å². The molecule has 1 saturated heterocycles. The number of piperidine rings is 1. The average molecular weight is 295 g/mol. The zero-order valence-electron chi connectivity index (χ0n) is 13.0. The van der Waals surface area contributed by atoms with Crippen LogP contribution >= 0.6 is 11.3 Å². The van der Waals surface area contributed by atoms with Crippen LogP contribution in [0.25, 0.3) is 0 Å². The Morgan fingerprint density at radius 2 is 2.15 bits per heavy atom. The molecule has 1 aromatic rings. The molecule has 2 N–H and O–H groups in total. The number of hydrogen-bond donors (Lipinski definition) is 2. The summed E-state index contributed by atoms with van der Waals surface area (Å²) in [6.45, 7) is 11.2. The summed E-state index contributed by atoms with van der Waals surface area (Å²) in [5, 5.41) is 7.56. The summed E-state index contributed by atoms with van der Waals surface area (Å²) in [5.74, 6) is 0.279. The van der Waals surface area contributed by atoms with Gasteiger partial charge in [0.1, 0.15) is 5.01 Å². The van der Waals surface area contributed by atoms with Gasteiger partial charge in [0, 0.05) is 16.8 Å². The van der Waals surface area contributed by atoms with Crippen molar-refractivity contribution < 1.29 is 4.79 Å². The molecule has 5 heteroatoms. The van der Waals surface area contributed by atoms with Crippen LogP contribution in [0.3, 0.4) is 0 Å². The number of hydrogen-bond acceptors (Lipinski definition) is 4. The fourth-order valence-electron chi connectivity index (χ4n) is 2.57. The molecule has 0 radical (unpaired) electrons. The predicted octanol–water partition coefficient (Wildman–Crippen LogP) is 2.50. The summed E-state index contributed by atoms with van der Waals surface area (Å²) in [6, 6.07) is 0.423. The van der Waals surface area contributed by atoms with Crippen LogP contribution in [0.4, 0.5) is 0 Å². The summed E-state index contributed by atoms with van der Waals surface area (Å²) < 4.78 is 0. The number of thiazole rings is 1. The number of nitrogens with zero attached hydrogens (tertiary/aromatic N) is 1. The van der Waals surface area contributed by atoms with Crippen LogP contribution in [0, 0.1) is 19.8 Å². The van der Waals surface area contributed by atoms with E-state index >= 15 is 0 Å². The van der Waals surface area contributed by atoms with E-state index in [-0.39, 0.29) is 11.8 Å². The lowest BCUT2D eigenvalue weighted by atomic mass is 9.91. The number of aromatic nitrogens is 1. The van der Waals surface area contributed by atoms with Gasteiger partial charge >= 0.3 is 0 Å². The van der Waals surface area contributed by atoms with Crippen molar-refractivity contribution in [3.63, 3.8) is 0 Å². The van der Waals surface area contributed by atoms with Gasteiger partial charge in [-0.05, 0) is 54.0 Å². The molecule has 1 aliphatic heterocycles. The maximum atomic E-state index is 12.5. The van der Waals surface area contributed by atoms with Crippen LogP contribution in [0.5, 0.6) is 0 Å². The largest absolute Gasteiger partial charge is 0.344 e. The zero-order valence-corrected chi connectivity index (χ0v) is 13.9. The fraction of sp³-hybridized carbons (Fsp3) is 0.733. The molecule has 0 aromatic carbocycles. The van der Waals surface area contributed by atoms with E-state index in [1.54, 1.807) is 11.3 Å². The van der Waals surface area contributed by atoms with E-state index in [0.717, 1.165) is 30.1 Å². The quantitative estimate of drug-likeness (QED) is 0.901. The summed E-state index contributed by atoms with van der Waals surface area (Å²) in [4.78, 5) is 18.3. The second-order valence-electron chi connectivity index (χ2n) is 6.35. The molecule has 4 nitrogen and oxygen atoms in total. The Morgan fingerprint density at radius 3 is 2.70 bits per heavy atom. The first-order chi connectivity index (χ1) is 9.29. The minimum Gasteiger partial charge on any atom is -0.344 e. The Morgan fingerprint density at radius 1 is 1.45 bits per heavy atom. The fourth-order valence-corrected chi connectivity index (χ4v) is 3.55. The molecule has 1 aromatic heterocycles. The maximum Gasteiger partial charge on any atom is 0.223 e. The molecule has 0 saturated carbocycles. The van der Waals surface area contributed by atoms with Gasteiger partial charge < -0.3 is 10.6 Å². The second kappa shape index (κ2) is 5.82. The third kappa shape index (κ3) is 3.38. The van der Waals surface area contributed by atoms with Crippen molar-refractivity contribution in [1.82, 2.24) is 15.6 Å². The molecule has 20 heavy (non-hydrogen) atoms. The third-order valence-corrected chi connectivity index (χ3v) is 5.39. The normalized spacial score (nSPS) is 23.6. The zero-order chi connectivity index (χ0) is 14.9. The predicted molar refractivity (Wildman–Crippen MR) is 82.9 cm³/mol. The lowest BCUT2D eigenvalue weighted by Gasteiger charge is -2.31. The van der Waals surface area contributed by atoms with Gasteiger partial charge in [0.15, 0.2) is 0 Å². The second-order valence-corrected chi connectivity index (χ2v) is 7.55. The number of carbonyl (C=O) groups is 1. The first-order valence-corrected chi connectivity index (χ1v) is 8.11. The highest BCUT2D eigenvalue weighted by atomic mass is 32.1. The van der Waals surface area contributed by atoms with Gasteiger partial charge in [-0.3, -0.25) is 4.79 Å². The standard InChI is InChI=1S/C15H25N3OS/c1-9-8-12(6-7-16-9)13(19)18-15(4,5)14-17-10(2)11(3)20-14/h9,12,16H,6-8H2,1-5H3,(H,18,19)/t9-,12-/m0/s1. The van der Waals surface area contributed by atoms with Crippen molar-refractivity contribution in [3.8, 4) is 0 Å². The van der Waals surface area contributed by atoms with E-state index in [2.05, 4.69) is 29.5 Å². The first-order valence-electron chi connectivity index (χ1n) is 7.29. The average Bonchev–Trinajstić information content (AvgIpc) is 2.70. The van der Waals surface area contributed by atoms with Crippen LogP contribution in [0.15, 0.2) is 0 Å². The summed E-state index contributed by atoms with van der Waals surface area (Å²) in [7, 11) is 0. The van der Waals surface area contributed by atoms with Crippen molar-refractivity contribution in [2.75, 3.05) is 6.54 Å². The van der Waals surface area contributed by atoms with Crippen molar-refractivity contribution in [3.05, 3.63) is 15.6 Å². The van der Waals surface area contributed by atoms with Crippen molar-refractivity contribution in [2.24, 2.45) is 5.92 Å². The van der Waals surface area contributed by atoms with Gasteiger partial charge in [-0.1, -0.05) is 0 Å². The molecule has 1 aliphatic rings. The summed E-state index contributed by atoms with van der Waals surface area (Å²) in [5.41, 5.74) is 0.664. The van der Waals surface area contributed by atoms with Gasteiger partial charge in [0.05, 0.1) is 11.2 Å². The van der Waals surface area contributed by atoms with Gasteiger partial charge in [0.25, 0.3) is 0 Å². The van der Waals surface area contributed by atoms with Crippen molar-refractivity contribution in [2.45, 2.75) is 59.0 Å². The molecule has 1 amide bonds. The summed E-state index contributed by atoms with van der Waals surface area (Å²) >= 11 is 1.67. The third-order valence-electron chi connectivity index (χ3n) is 3.99. The molecule has 2 heterocycles. The minimum absolute atomic E-state index is 0.118. The monoisotopic (exact) mass is 295 g/mol. The van der Waals surface area contributed by atoms with E-state index in [1.165, 1.54) is 4.88 Å². The van der Waals surface area contributed by atoms with Crippen LogP contribution in [0.2, 0.25) is 0 Å². The van der Waals surface area contributed by atoms with Crippen LogP contribution in [-0.2, 0) is 10.3 Å². The van der Waals surface area contributed by atoms with E-state index < -0.39 is 5.54 Å². The smallest absolute Gasteiger partial charge is 0.223 e. The molecular formula is C15H25N3OS. The Labute approximate surface area is 125 Å². The molecule has 2 atom stereocenters. The SMILES string of the molecule is Cc1nc(C(C)(C)NC(=O)[C@H]2CCN[C@@H](C)C2)sc1C. The number of amides is 1. The van der Waals surface area contributed by atoms with Gasteiger partial charge in [-0.2, -0.15) is 0 Å². The Balaban J connectivity index is 2.05. The van der Waals surface area contributed by atoms with Crippen LogP contribution in [0.1, 0.15) is 49.2 Å². The Kier molecular flexibility index (Phi) is 4.49. The van der Waals surface area contributed by atoms with Gasteiger partial charge in [-0.25, -0.2) is 4.98 Å². The summed E-state index contributed by atoms with van der Waals surface area (Å²) in [6.07, 6.45) is 1.83. The number of nitrogens with one attached hydrogen (secondary N) is 2. The highest BCUT2D eigenvalue weighted by molar-refractivity contribution is 7.11. The molecule has 0 aliphatic carbocycles. The molecule has 112 valence electrons. The number of carbonyl (C=O) groups excluding carboxylic acids is 1. The molecular weight excluding hydrogens is 270 g/mol. The van der Waals surface area contributed by atoms with E-state index in [0.29, 0.717) is 6.04 Å². The molecule has 0 bridgehead atoms. The minimum atomic E-state index is -0.394. The Bertz CT molecular complexity index is 476. The van der Waals surface area contributed by atoms with E-state index in [1.807, 2.05) is 20.8 Å². The highest BCUT2D eigenvalue weighted by Gasteiger charge is 2.31. The maximum absolute atomic E-state index is 12.5. The van der Waals surface area contributed by atoms with Crippen LogP contribution < -0.4 is 10.6 Å². The Hall–Kier alpha value is -0.940. The van der Waals surface area contributed by atoms with Crippen molar-refractivity contribution >= 4 is 17.2 Å². The lowest BCUT2D eigenvalue weighted by Crippen LogP contribution is -2.48. The highest BCUT2D eigenvalue weighted by Crippen LogP contribution is 2.28. The van der Waals surface area contributed by atoms with E-state index in [9.17, 15) is 4.79 Å². The molecule has 0 unspecified atom stereocenters.